The van der Waals surface area contributed by atoms with Crippen molar-refractivity contribution in [3.63, 3.8) is 0 Å². The third kappa shape index (κ3) is 2.62. The van der Waals surface area contributed by atoms with Crippen molar-refractivity contribution in [1.82, 2.24) is 0 Å². The zero-order chi connectivity index (χ0) is 8.10. The van der Waals surface area contributed by atoms with E-state index in [1.54, 1.807) is 0 Å². The van der Waals surface area contributed by atoms with Crippen LogP contribution in [0.25, 0.3) is 0 Å². The lowest BCUT2D eigenvalue weighted by atomic mass is 10.1. The average molecular weight is 156 g/mol. The Hall–Kier alpha value is -0.990. The van der Waals surface area contributed by atoms with E-state index in [4.69, 9.17) is 4.74 Å². The maximum Gasteiger partial charge on any atom is 0.508 e. The van der Waals surface area contributed by atoms with Crippen LogP contribution < -0.4 is 0 Å². The highest BCUT2D eigenvalue weighted by molar-refractivity contribution is 5.60. The molecular weight excluding hydrogens is 144 g/mol. The minimum atomic E-state index is -0.596. The Bertz CT molecular complexity index is 163. The van der Waals surface area contributed by atoms with Gasteiger partial charge in [0, 0.05) is 0 Å². The first-order chi connectivity index (χ1) is 5.33. The molecule has 0 unspecified atom stereocenters. The summed E-state index contributed by atoms with van der Waals surface area (Å²) in [6, 6.07) is 0. The van der Waals surface area contributed by atoms with Gasteiger partial charge in [0.25, 0.3) is 0 Å². The van der Waals surface area contributed by atoms with E-state index in [0.717, 1.165) is 19.3 Å². The Kier molecular flexibility index (Phi) is 2.95. The molecule has 1 aliphatic carbocycles. The molecule has 3 nitrogen and oxygen atoms in total. The topological polar surface area (TPSA) is 35.5 Å². The molecule has 0 N–H and O–H groups in total. The van der Waals surface area contributed by atoms with E-state index >= 15 is 0 Å². The van der Waals surface area contributed by atoms with E-state index < -0.39 is 6.16 Å². The van der Waals surface area contributed by atoms with Crippen LogP contribution in [0.2, 0.25) is 0 Å². The number of methoxy groups -OCH3 is 1. The predicted molar refractivity (Wildman–Crippen MR) is 40.3 cm³/mol. The van der Waals surface area contributed by atoms with Gasteiger partial charge in [0.1, 0.15) is 6.10 Å². The van der Waals surface area contributed by atoms with Gasteiger partial charge < -0.3 is 9.47 Å². The van der Waals surface area contributed by atoms with Crippen molar-refractivity contribution in [2.75, 3.05) is 7.11 Å². The molecular formula is C8H12O3. The van der Waals surface area contributed by atoms with Crippen LogP contribution in [0.1, 0.15) is 19.3 Å². The summed E-state index contributed by atoms with van der Waals surface area (Å²) in [7, 11) is 1.31. The average Bonchev–Trinajstić information content (AvgIpc) is 2.06. The van der Waals surface area contributed by atoms with Gasteiger partial charge in [0.05, 0.1) is 7.11 Å². The Morgan fingerprint density at radius 2 is 2.45 bits per heavy atom. The molecule has 0 saturated carbocycles. The van der Waals surface area contributed by atoms with Crippen molar-refractivity contribution in [3.05, 3.63) is 12.2 Å². The largest absolute Gasteiger partial charge is 0.508 e. The Morgan fingerprint density at radius 1 is 1.64 bits per heavy atom. The van der Waals surface area contributed by atoms with E-state index in [1.807, 2.05) is 12.2 Å². The van der Waals surface area contributed by atoms with Crippen molar-refractivity contribution in [3.8, 4) is 0 Å². The highest BCUT2D eigenvalue weighted by atomic mass is 16.7. The Balaban J connectivity index is 2.30. The second-order valence-corrected chi connectivity index (χ2v) is 2.47. The van der Waals surface area contributed by atoms with Crippen molar-refractivity contribution in [2.45, 2.75) is 25.4 Å². The third-order valence-corrected chi connectivity index (χ3v) is 1.62. The van der Waals surface area contributed by atoms with Crippen LogP contribution in [0, 0.1) is 0 Å². The fourth-order valence-electron chi connectivity index (χ4n) is 1.05. The van der Waals surface area contributed by atoms with Gasteiger partial charge in [-0.1, -0.05) is 6.08 Å². The molecule has 0 bridgehead atoms. The minimum Gasteiger partial charge on any atom is -0.438 e. The first-order valence-electron chi connectivity index (χ1n) is 3.74. The lowest BCUT2D eigenvalue weighted by Gasteiger charge is -2.15. The molecule has 3 heteroatoms. The van der Waals surface area contributed by atoms with Gasteiger partial charge >= 0.3 is 6.16 Å². The van der Waals surface area contributed by atoms with Crippen LogP contribution >= 0.6 is 0 Å². The zero-order valence-corrected chi connectivity index (χ0v) is 6.58. The molecule has 0 aromatic carbocycles. The molecule has 0 amide bonds. The van der Waals surface area contributed by atoms with E-state index in [-0.39, 0.29) is 6.10 Å². The summed E-state index contributed by atoms with van der Waals surface area (Å²) >= 11 is 0. The zero-order valence-electron chi connectivity index (χ0n) is 6.58. The van der Waals surface area contributed by atoms with Gasteiger partial charge in [-0.05, 0) is 25.3 Å². The second kappa shape index (κ2) is 4.01. The van der Waals surface area contributed by atoms with Crippen molar-refractivity contribution < 1.29 is 14.3 Å². The molecule has 0 radical (unpaired) electrons. The SMILES string of the molecule is COC(=O)O[C@H]1C=CCCC1. The number of ether oxygens (including phenoxy) is 2. The van der Waals surface area contributed by atoms with E-state index in [0.29, 0.717) is 0 Å². The van der Waals surface area contributed by atoms with Crippen LogP contribution in [0.15, 0.2) is 12.2 Å². The third-order valence-electron chi connectivity index (χ3n) is 1.62. The lowest BCUT2D eigenvalue weighted by molar-refractivity contribution is 0.0482. The van der Waals surface area contributed by atoms with Crippen molar-refractivity contribution in [1.29, 1.82) is 0 Å². The fraction of sp³-hybridized carbons (Fsp3) is 0.625. The molecule has 0 aromatic heterocycles. The summed E-state index contributed by atoms with van der Waals surface area (Å²) in [5, 5.41) is 0. The molecule has 1 atom stereocenters. The van der Waals surface area contributed by atoms with Crippen molar-refractivity contribution >= 4 is 6.16 Å². The number of hydrogen-bond donors (Lipinski definition) is 0. The molecule has 62 valence electrons. The maximum atomic E-state index is 10.6. The highest BCUT2D eigenvalue weighted by Gasteiger charge is 2.12. The summed E-state index contributed by atoms with van der Waals surface area (Å²) in [6.07, 6.45) is 6.33. The first kappa shape index (κ1) is 8.11. The maximum absolute atomic E-state index is 10.6. The first-order valence-corrected chi connectivity index (χ1v) is 3.74. The monoisotopic (exact) mass is 156 g/mol. The Morgan fingerprint density at radius 3 is 3.00 bits per heavy atom. The molecule has 0 saturated heterocycles. The van der Waals surface area contributed by atoms with E-state index in [9.17, 15) is 4.79 Å². The quantitative estimate of drug-likeness (QED) is 0.429. The summed E-state index contributed by atoms with van der Waals surface area (Å²) in [5.41, 5.74) is 0. The number of hydrogen-bond acceptors (Lipinski definition) is 3. The molecule has 1 aliphatic rings. The predicted octanol–water partition coefficient (Wildman–Crippen LogP) is 1.88. The van der Waals surface area contributed by atoms with Gasteiger partial charge in [-0.2, -0.15) is 0 Å². The van der Waals surface area contributed by atoms with Crippen LogP contribution in [0.4, 0.5) is 4.79 Å². The second-order valence-electron chi connectivity index (χ2n) is 2.47. The van der Waals surface area contributed by atoms with Gasteiger partial charge in [-0.3, -0.25) is 0 Å². The summed E-state index contributed by atoms with van der Waals surface area (Å²) < 4.78 is 9.25. The smallest absolute Gasteiger partial charge is 0.438 e. The van der Waals surface area contributed by atoms with Gasteiger partial charge in [0.2, 0.25) is 0 Å². The number of carbonyl (C=O) groups excluding carboxylic acids is 1. The van der Waals surface area contributed by atoms with Crippen molar-refractivity contribution in [2.24, 2.45) is 0 Å². The number of carbonyl (C=O) groups is 1. The van der Waals surface area contributed by atoms with Crippen LogP contribution in [-0.4, -0.2) is 19.4 Å². The van der Waals surface area contributed by atoms with E-state index in [2.05, 4.69) is 4.74 Å². The van der Waals surface area contributed by atoms with Crippen LogP contribution in [0.3, 0.4) is 0 Å². The summed E-state index contributed by atoms with van der Waals surface area (Å²) in [4.78, 5) is 10.6. The lowest BCUT2D eigenvalue weighted by Crippen LogP contribution is -2.17. The van der Waals surface area contributed by atoms with Crippen LogP contribution in [-0.2, 0) is 9.47 Å². The summed E-state index contributed by atoms with van der Waals surface area (Å²) in [5.74, 6) is 0. The van der Waals surface area contributed by atoms with E-state index in [1.165, 1.54) is 7.11 Å². The highest BCUT2D eigenvalue weighted by Crippen LogP contribution is 2.13. The van der Waals surface area contributed by atoms with Crippen LogP contribution in [0.5, 0.6) is 0 Å². The molecule has 0 aliphatic heterocycles. The normalized spacial score (nSPS) is 22.8. The van der Waals surface area contributed by atoms with Gasteiger partial charge in [-0.25, -0.2) is 4.79 Å². The Labute approximate surface area is 66.0 Å². The molecule has 0 fully saturated rings. The standard InChI is InChI=1S/C8H12O3/c1-10-8(9)11-7-5-3-2-4-6-7/h3,5,7H,2,4,6H2,1H3/t7-/m0/s1. The number of rotatable bonds is 1. The fourth-order valence-corrected chi connectivity index (χ4v) is 1.05. The number of allylic oxidation sites excluding steroid dienone is 1. The molecule has 0 spiro atoms. The van der Waals surface area contributed by atoms with Gasteiger partial charge in [-0.15, -0.1) is 0 Å². The van der Waals surface area contributed by atoms with Gasteiger partial charge in [0.15, 0.2) is 0 Å². The minimum absolute atomic E-state index is 0.0730. The molecule has 11 heavy (non-hydrogen) atoms. The summed E-state index contributed by atoms with van der Waals surface area (Å²) in [6.45, 7) is 0. The molecule has 0 aromatic rings. The molecule has 1 rings (SSSR count). The molecule has 0 heterocycles.